The molecule has 2 aliphatic rings. The third-order valence-electron chi connectivity index (χ3n) is 5.16. The van der Waals surface area contributed by atoms with Crippen LogP contribution in [0.2, 0.25) is 0 Å². The van der Waals surface area contributed by atoms with Crippen molar-refractivity contribution in [1.29, 1.82) is 0 Å². The Bertz CT molecular complexity index is 456. The van der Waals surface area contributed by atoms with Crippen LogP contribution >= 0.6 is 0 Å². The first-order valence-electron chi connectivity index (χ1n) is 7.89. The molecule has 1 amide bonds. The van der Waals surface area contributed by atoms with Crippen LogP contribution in [0.4, 0.5) is 0 Å². The second kappa shape index (κ2) is 5.79. The van der Waals surface area contributed by atoms with Crippen molar-refractivity contribution in [2.75, 3.05) is 32.7 Å². The van der Waals surface area contributed by atoms with E-state index in [1.165, 1.54) is 5.06 Å². The summed E-state index contributed by atoms with van der Waals surface area (Å²) in [6.45, 7) is 10.3. The zero-order valence-electron chi connectivity index (χ0n) is 13.9. The number of nitrogens with one attached hydrogen (secondary N) is 1. The molecular formula is C15H28N3O4+. The van der Waals surface area contributed by atoms with Gasteiger partial charge in [0.1, 0.15) is 0 Å². The Hall–Kier alpha value is -1.18. The maximum absolute atomic E-state index is 12.8. The minimum Gasteiger partial charge on any atom is -0.477 e. The lowest BCUT2D eigenvalue weighted by Crippen LogP contribution is -3.15. The van der Waals surface area contributed by atoms with Gasteiger partial charge in [0, 0.05) is 5.54 Å². The Morgan fingerprint density at radius 1 is 1.18 bits per heavy atom. The van der Waals surface area contributed by atoms with E-state index in [-0.39, 0.29) is 18.4 Å². The van der Waals surface area contributed by atoms with Crippen LogP contribution in [0.15, 0.2) is 0 Å². The van der Waals surface area contributed by atoms with Crippen molar-refractivity contribution in [1.82, 2.24) is 9.96 Å². The maximum Gasteiger partial charge on any atom is 0.359 e. The van der Waals surface area contributed by atoms with E-state index < -0.39 is 17.0 Å². The van der Waals surface area contributed by atoms with Crippen LogP contribution in [-0.2, 0) is 9.59 Å². The zero-order valence-corrected chi connectivity index (χ0v) is 13.9. The number of carboxylic acid groups (broad SMARTS) is 1. The average Bonchev–Trinajstić information content (AvgIpc) is 2.58. The number of carboxylic acids is 1. The van der Waals surface area contributed by atoms with Gasteiger partial charge in [0.25, 0.3) is 0 Å². The van der Waals surface area contributed by atoms with E-state index in [0.29, 0.717) is 32.6 Å². The third kappa shape index (κ3) is 3.11. The highest BCUT2D eigenvalue weighted by atomic mass is 16.5. The molecule has 1 atom stereocenters. The van der Waals surface area contributed by atoms with Crippen molar-refractivity contribution in [3.05, 3.63) is 0 Å². The Balaban J connectivity index is 2.00. The number of amides is 1. The monoisotopic (exact) mass is 314 g/mol. The molecule has 7 heteroatoms. The van der Waals surface area contributed by atoms with Gasteiger partial charge in [-0.25, -0.2) is 4.79 Å². The topological polar surface area (TPSA) is 85.5 Å². The molecule has 0 aliphatic carbocycles. The maximum atomic E-state index is 12.8. The highest BCUT2D eigenvalue weighted by Crippen LogP contribution is 2.44. The summed E-state index contributed by atoms with van der Waals surface area (Å²) in [7, 11) is 0. The summed E-state index contributed by atoms with van der Waals surface area (Å²) >= 11 is 0. The summed E-state index contributed by atoms with van der Waals surface area (Å²) in [5.74, 6) is -0.970. The molecule has 2 saturated heterocycles. The SMILES string of the molecule is CC1(C)CC(C(=O)N2CC[NH+](CC(=O)O)CC2)C(C)(C)N1O. The van der Waals surface area contributed by atoms with Gasteiger partial charge in [-0.05, 0) is 34.1 Å². The predicted molar refractivity (Wildman–Crippen MR) is 79.7 cm³/mol. The van der Waals surface area contributed by atoms with E-state index in [1.807, 2.05) is 32.6 Å². The lowest BCUT2D eigenvalue weighted by molar-refractivity contribution is -0.896. The van der Waals surface area contributed by atoms with Gasteiger partial charge in [-0.15, -0.1) is 0 Å². The molecule has 2 fully saturated rings. The fraction of sp³-hybridized carbons (Fsp3) is 0.867. The van der Waals surface area contributed by atoms with Gasteiger partial charge in [0.15, 0.2) is 6.54 Å². The first-order valence-corrected chi connectivity index (χ1v) is 7.89. The number of carbonyl (C=O) groups is 2. The molecular weight excluding hydrogens is 286 g/mol. The van der Waals surface area contributed by atoms with E-state index in [0.717, 1.165) is 4.90 Å². The molecule has 0 saturated carbocycles. The number of piperazine rings is 1. The van der Waals surface area contributed by atoms with Gasteiger partial charge in [0.2, 0.25) is 5.91 Å². The van der Waals surface area contributed by atoms with Crippen molar-refractivity contribution >= 4 is 11.9 Å². The molecule has 2 rings (SSSR count). The Kier molecular flexibility index (Phi) is 4.52. The molecule has 0 aromatic heterocycles. The molecule has 7 nitrogen and oxygen atoms in total. The van der Waals surface area contributed by atoms with E-state index in [1.54, 1.807) is 0 Å². The van der Waals surface area contributed by atoms with Gasteiger partial charge >= 0.3 is 5.97 Å². The number of nitrogens with zero attached hydrogens (tertiary/aromatic N) is 2. The molecule has 0 radical (unpaired) electrons. The Morgan fingerprint density at radius 2 is 1.73 bits per heavy atom. The quantitative estimate of drug-likeness (QED) is 0.626. The van der Waals surface area contributed by atoms with Crippen LogP contribution in [0.1, 0.15) is 34.1 Å². The van der Waals surface area contributed by atoms with Gasteiger partial charge in [-0.2, -0.15) is 5.06 Å². The van der Waals surface area contributed by atoms with Crippen LogP contribution in [-0.4, -0.2) is 76.0 Å². The summed E-state index contributed by atoms with van der Waals surface area (Å²) in [5.41, 5.74) is -1.01. The summed E-state index contributed by atoms with van der Waals surface area (Å²) < 4.78 is 0. The predicted octanol–water partition coefficient (Wildman–Crippen LogP) is -0.934. The van der Waals surface area contributed by atoms with Crippen molar-refractivity contribution in [3.8, 4) is 0 Å². The molecule has 0 aromatic carbocycles. The van der Waals surface area contributed by atoms with Crippen LogP contribution in [0, 0.1) is 5.92 Å². The normalized spacial score (nSPS) is 28.8. The van der Waals surface area contributed by atoms with E-state index in [2.05, 4.69) is 0 Å². The number of hydrogen-bond acceptors (Lipinski definition) is 4. The van der Waals surface area contributed by atoms with Crippen LogP contribution in [0.25, 0.3) is 0 Å². The highest BCUT2D eigenvalue weighted by molar-refractivity contribution is 5.81. The molecule has 0 spiro atoms. The molecule has 126 valence electrons. The highest BCUT2D eigenvalue weighted by Gasteiger charge is 2.55. The standard InChI is InChI=1S/C15H27N3O4/c1-14(2)9-11(15(3,4)18(14)22)13(21)17-7-5-16(6-8-17)10-12(19)20/h11,22H,5-10H2,1-4H3,(H,19,20)/p+1. The second-order valence-corrected chi connectivity index (χ2v) is 7.68. The Morgan fingerprint density at radius 3 is 2.14 bits per heavy atom. The fourth-order valence-electron chi connectivity index (χ4n) is 3.81. The fourth-order valence-corrected chi connectivity index (χ4v) is 3.81. The van der Waals surface area contributed by atoms with Crippen molar-refractivity contribution in [2.24, 2.45) is 5.92 Å². The van der Waals surface area contributed by atoms with Gasteiger partial charge in [-0.3, -0.25) is 4.79 Å². The zero-order chi connectivity index (χ0) is 16.7. The first-order chi connectivity index (χ1) is 10.1. The number of quaternary nitrogens is 1. The van der Waals surface area contributed by atoms with Gasteiger partial charge in [0.05, 0.1) is 37.6 Å². The largest absolute Gasteiger partial charge is 0.477 e. The third-order valence-corrected chi connectivity index (χ3v) is 5.16. The summed E-state index contributed by atoms with van der Waals surface area (Å²) in [5, 5.41) is 20.5. The smallest absolute Gasteiger partial charge is 0.359 e. The minimum atomic E-state index is -0.802. The lowest BCUT2D eigenvalue weighted by Gasteiger charge is -2.38. The first kappa shape index (κ1) is 17.2. The van der Waals surface area contributed by atoms with Crippen LogP contribution in [0.3, 0.4) is 0 Å². The minimum absolute atomic E-state index is 0.0731. The molecule has 3 N–H and O–H groups in total. The summed E-state index contributed by atoms with van der Waals surface area (Å²) in [6, 6.07) is 0. The van der Waals surface area contributed by atoms with Gasteiger partial charge < -0.3 is 20.1 Å². The molecule has 0 aromatic rings. The number of rotatable bonds is 3. The number of hydroxylamine groups is 2. The summed E-state index contributed by atoms with van der Waals surface area (Å²) in [6.07, 6.45) is 0.623. The molecule has 22 heavy (non-hydrogen) atoms. The Labute approximate surface area is 131 Å². The summed E-state index contributed by atoms with van der Waals surface area (Å²) in [4.78, 5) is 26.4. The molecule has 2 heterocycles. The average molecular weight is 314 g/mol. The molecule has 2 aliphatic heterocycles. The van der Waals surface area contributed by atoms with Gasteiger partial charge in [-0.1, -0.05) is 0 Å². The second-order valence-electron chi connectivity index (χ2n) is 7.68. The van der Waals surface area contributed by atoms with E-state index in [4.69, 9.17) is 5.11 Å². The van der Waals surface area contributed by atoms with Crippen molar-refractivity contribution in [2.45, 2.75) is 45.2 Å². The van der Waals surface area contributed by atoms with Crippen molar-refractivity contribution < 1.29 is 24.8 Å². The number of carbonyl (C=O) groups excluding carboxylic acids is 1. The number of aliphatic carboxylic acids is 1. The lowest BCUT2D eigenvalue weighted by atomic mass is 9.85. The van der Waals surface area contributed by atoms with Crippen LogP contribution < -0.4 is 4.90 Å². The molecule has 1 unspecified atom stereocenters. The van der Waals surface area contributed by atoms with Crippen LogP contribution in [0.5, 0.6) is 0 Å². The van der Waals surface area contributed by atoms with E-state index in [9.17, 15) is 14.8 Å². The number of hydrogen-bond donors (Lipinski definition) is 3. The van der Waals surface area contributed by atoms with E-state index >= 15 is 0 Å². The van der Waals surface area contributed by atoms with Crippen molar-refractivity contribution in [3.63, 3.8) is 0 Å². The molecule has 0 bridgehead atoms.